The van der Waals surface area contributed by atoms with Gasteiger partial charge >= 0.3 is 0 Å². The lowest BCUT2D eigenvalue weighted by molar-refractivity contribution is 0.0935. The van der Waals surface area contributed by atoms with Crippen LogP contribution in [0.3, 0.4) is 0 Å². The van der Waals surface area contributed by atoms with Gasteiger partial charge in [0.05, 0.1) is 13.2 Å². The molecule has 0 bridgehead atoms. The topological polar surface area (TPSA) is 111 Å². The molecular weight excluding hydrogens is 454 g/mol. The second-order valence-electron chi connectivity index (χ2n) is 7.72. The van der Waals surface area contributed by atoms with Crippen LogP contribution >= 0.6 is 0 Å². The van der Waals surface area contributed by atoms with Crippen LogP contribution in [0.1, 0.15) is 34.8 Å². The number of rotatable bonds is 9. The fourth-order valence-electron chi connectivity index (χ4n) is 3.53. The van der Waals surface area contributed by atoms with Crippen molar-refractivity contribution in [3.05, 3.63) is 89.9 Å². The Kier molecular flexibility index (Phi) is 6.95. The molecule has 0 radical (unpaired) electrons. The first-order valence-electron chi connectivity index (χ1n) is 10.7. The summed E-state index contributed by atoms with van der Waals surface area (Å²) in [7, 11) is -2.55. The van der Waals surface area contributed by atoms with E-state index in [4.69, 9.17) is 9.15 Å². The molecule has 0 fully saturated rings. The smallest absolute Gasteiger partial charge is 0.251 e. The van der Waals surface area contributed by atoms with Crippen molar-refractivity contribution in [3.8, 4) is 5.75 Å². The second kappa shape index (κ2) is 10.1. The number of pyridine rings is 1. The Morgan fingerprint density at radius 1 is 1.09 bits per heavy atom. The SMILES string of the molecule is COc1ccc(C(=O)N[C@@H](C)c2cc3ccccc3o2)cc1S(=O)(=O)NCCc1ccccn1. The third kappa shape index (κ3) is 5.27. The van der Waals surface area contributed by atoms with Crippen molar-refractivity contribution >= 4 is 26.9 Å². The van der Waals surface area contributed by atoms with Crippen LogP contribution in [-0.4, -0.2) is 33.0 Å². The second-order valence-corrected chi connectivity index (χ2v) is 9.45. The Bertz CT molecular complexity index is 1370. The molecule has 1 amide bonds. The molecule has 4 aromatic rings. The first kappa shape index (κ1) is 23.5. The molecule has 34 heavy (non-hydrogen) atoms. The van der Waals surface area contributed by atoms with Crippen molar-refractivity contribution in [1.82, 2.24) is 15.0 Å². The van der Waals surface area contributed by atoms with Crippen LogP contribution in [0.5, 0.6) is 5.75 Å². The van der Waals surface area contributed by atoms with Gasteiger partial charge in [-0.05, 0) is 49.4 Å². The first-order chi connectivity index (χ1) is 16.4. The number of nitrogens with zero attached hydrogens (tertiary/aromatic N) is 1. The van der Waals surface area contributed by atoms with Crippen molar-refractivity contribution < 1.29 is 22.4 Å². The van der Waals surface area contributed by atoms with E-state index in [1.165, 1.54) is 25.3 Å². The number of para-hydroxylation sites is 1. The minimum Gasteiger partial charge on any atom is -0.495 e. The summed E-state index contributed by atoms with van der Waals surface area (Å²) in [5.41, 5.74) is 1.69. The summed E-state index contributed by atoms with van der Waals surface area (Å²) >= 11 is 0. The predicted octanol–water partition coefficient (Wildman–Crippen LogP) is 3.85. The molecule has 0 saturated heterocycles. The van der Waals surface area contributed by atoms with Crippen molar-refractivity contribution in [2.24, 2.45) is 0 Å². The number of hydrogen-bond donors (Lipinski definition) is 2. The molecule has 0 aliphatic carbocycles. The van der Waals surface area contributed by atoms with Gasteiger partial charge in [0.1, 0.15) is 22.0 Å². The Labute approximate surface area is 198 Å². The molecule has 176 valence electrons. The highest BCUT2D eigenvalue weighted by Gasteiger charge is 2.23. The van der Waals surface area contributed by atoms with Gasteiger partial charge in [-0.15, -0.1) is 0 Å². The molecule has 0 aliphatic rings. The van der Waals surface area contributed by atoms with E-state index < -0.39 is 22.0 Å². The zero-order valence-electron chi connectivity index (χ0n) is 18.8. The lowest BCUT2D eigenvalue weighted by atomic mass is 10.1. The van der Waals surface area contributed by atoms with E-state index in [1.807, 2.05) is 42.5 Å². The summed E-state index contributed by atoms with van der Waals surface area (Å²) in [5, 5.41) is 3.80. The summed E-state index contributed by atoms with van der Waals surface area (Å²) in [5.74, 6) is 0.319. The lowest BCUT2D eigenvalue weighted by Gasteiger charge is -2.14. The van der Waals surface area contributed by atoms with E-state index in [0.29, 0.717) is 12.2 Å². The van der Waals surface area contributed by atoms with Crippen LogP contribution in [0, 0.1) is 0 Å². The highest BCUT2D eigenvalue weighted by molar-refractivity contribution is 7.89. The van der Waals surface area contributed by atoms with Crippen LogP contribution in [0.2, 0.25) is 0 Å². The fourth-order valence-corrected chi connectivity index (χ4v) is 4.76. The maximum atomic E-state index is 13.0. The van der Waals surface area contributed by atoms with Gasteiger partial charge in [0.15, 0.2) is 0 Å². The summed E-state index contributed by atoms with van der Waals surface area (Å²) in [6.07, 6.45) is 2.08. The van der Waals surface area contributed by atoms with Crippen molar-refractivity contribution in [2.45, 2.75) is 24.3 Å². The molecule has 4 rings (SSSR count). The zero-order chi connectivity index (χ0) is 24.1. The molecule has 0 saturated carbocycles. The van der Waals surface area contributed by atoms with Crippen LogP contribution in [0.25, 0.3) is 11.0 Å². The molecular formula is C25H25N3O5S. The van der Waals surface area contributed by atoms with E-state index in [2.05, 4.69) is 15.0 Å². The Balaban J connectivity index is 1.49. The number of aromatic nitrogens is 1. The number of carbonyl (C=O) groups is 1. The van der Waals surface area contributed by atoms with Gasteiger partial charge in [-0.25, -0.2) is 13.1 Å². The quantitative estimate of drug-likeness (QED) is 0.377. The minimum atomic E-state index is -3.93. The number of ether oxygens (including phenoxy) is 1. The summed E-state index contributed by atoms with van der Waals surface area (Å²) in [6.45, 7) is 1.96. The number of carbonyl (C=O) groups excluding carboxylic acids is 1. The number of nitrogens with one attached hydrogen (secondary N) is 2. The van der Waals surface area contributed by atoms with Gasteiger partial charge in [0.25, 0.3) is 5.91 Å². The number of hydrogen-bond acceptors (Lipinski definition) is 6. The summed E-state index contributed by atoms with van der Waals surface area (Å²) in [6, 6.07) is 18.8. The number of amides is 1. The van der Waals surface area contributed by atoms with E-state index in [1.54, 1.807) is 19.2 Å². The average molecular weight is 480 g/mol. The van der Waals surface area contributed by atoms with E-state index >= 15 is 0 Å². The monoisotopic (exact) mass is 479 g/mol. The van der Waals surface area contributed by atoms with Crippen molar-refractivity contribution in [2.75, 3.05) is 13.7 Å². The number of methoxy groups -OCH3 is 1. The highest BCUT2D eigenvalue weighted by atomic mass is 32.2. The Morgan fingerprint density at radius 2 is 1.88 bits per heavy atom. The average Bonchev–Trinajstić information content (AvgIpc) is 3.29. The summed E-state index contributed by atoms with van der Waals surface area (Å²) < 4.78 is 39.5. The Hall–Kier alpha value is -3.69. The molecule has 2 aromatic heterocycles. The van der Waals surface area contributed by atoms with Crippen LogP contribution < -0.4 is 14.8 Å². The van der Waals surface area contributed by atoms with Gasteiger partial charge in [-0.3, -0.25) is 9.78 Å². The summed E-state index contributed by atoms with van der Waals surface area (Å²) in [4.78, 5) is 17.0. The largest absolute Gasteiger partial charge is 0.495 e. The van der Waals surface area contributed by atoms with Gasteiger partial charge in [-0.2, -0.15) is 0 Å². The molecule has 9 heteroatoms. The third-order valence-corrected chi connectivity index (χ3v) is 6.82. The zero-order valence-corrected chi connectivity index (χ0v) is 19.6. The molecule has 2 aromatic carbocycles. The molecule has 8 nitrogen and oxygen atoms in total. The first-order valence-corrected chi connectivity index (χ1v) is 12.2. The molecule has 0 aliphatic heterocycles. The lowest BCUT2D eigenvalue weighted by Crippen LogP contribution is -2.28. The number of benzene rings is 2. The minimum absolute atomic E-state index is 0.111. The molecule has 0 unspecified atom stereocenters. The standard InChI is InChI=1S/C25H25N3O5S/c1-17(23-15-18-7-3-4-9-21(18)33-23)28-25(29)19-10-11-22(32-2)24(16-19)34(30,31)27-14-12-20-8-5-6-13-26-20/h3-11,13,15-17,27H,12,14H2,1-2H3,(H,28,29)/t17-/m0/s1. The van der Waals surface area contributed by atoms with Gasteiger partial charge in [0, 0.05) is 35.8 Å². The van der Waals surface area contributed by atoms with E-state index in [9.17, 15) is 13.2 Å². The predicted molar refractivity (Wildman–Crippen MR) is 128 cm³/mol. The van der Waals surface area contributed by atoms with Gasteiger partial charge < -0.3 is 14.5 Å². The number of furan rings is 1. The normalized spacial score (nSPS) is 12.4. The van der Waals surface area contributed by atoms with Crippen molar-refractivity contribution in [1.29, 1.82) is 0 Å². The molecule has 2 N–H and O–H groups in total. The molecule has 2 heterocycles. The van der Waals surface area contributed by atoms with E-state index in [0.717, 1.165) is 16.7 Å². The van der Waals surface area contributed by atoms with Gasteiger partial charge in [0.2, 0.25) is 10.0 Å². The van der Waals surface area contributed by atoms with E-state index in [-0.39, 0.29) is 22.8 Å². The maximum absolute atomic E-state index is 13.0. The Morgan fingerprint density at radius 3 is 2.62 bits per heavy atom. The third-order valence-electron chi connectivity index (χ3n) is 5.33. The highest BCUT2D eigenvalue weighted by Crippen LogP contribution is 2.26. The van der Waals surface area contributed by atoms with Crippen molar-refractivity contribution in [3.63, 3.8) is 0 Å². The number of fused-ring (bicyclic) bond motifs is 1. The molecule has 1 atom stereocenters. The van der Waals surface area contributed by atoms with Crippen LogP contribution in [-0.2, 0) is 16.4 Å². The molecule has 0 spiro atoms. The maximum Gasteiger partial charge on any atom is 0.251 e. The van der Waals surface area contributed by atoms with Gasteiger partial charge in [-0.1, -0.05) is 24.3 Å². The number of sulfonamides is 1. The fraction of sp³-hybridized carbons (Fsp3) is 0.200. The van der Waals surface area contributed by atoms with Crippen LogP contribution in [0.4, 0.5) is 0 Å². The van der Waals surface area contributed by atoms with Crippen LogP contribution in [0.15, 0.2) is 82.2 Å².